The van der Waals surface area contributed by atoms with Gasteiger partial charge in [-0.2, -0.15) is 0 Å². The summed E-state index contributed by atoms with van der Waals surface area (Å²) in [6.45, 7) is 0.228. The normalized spacial score (nSPS) is 10.3. The van der Waals surface area contributed by atoms with E-state index in [4.69, 9.17) is 28.9 Å². The molecule has 0 aliphatic rings. The first-order valence-electron chi connectivity index (χ1n) is 5.74. The van der Waals surface area contributed by atoms with Crippen LogP contribution in [0.1, 0.15) is 15.9 Å². The van der Waals surface area contributed by atoms with Crippen LogP contribution in [-0.2, 0) is 6.54 Å². The van der Waals surface area contributed by atoms with Gasteiger partial charge in [0, 0.05) is 22.8 Å². The van der Waals surface area contributed by atoms with Crippen molar-refractivity contribution in [1.82, 2.24) is 0 Å². The van der Waals surface area contributed by atoms with Crippen molar-refractivity contribution >= 4 is 34.8 Å². The number of hydrogen-bond acceptors (Lipinski definition) is 2. The van der Waals surface area contributed by atoms with Crippen LogP contribution in [0, 0.1) is 5.82 Å². The highest BCUT2D eigenvalue weighted by Gasteiger charge is 2.08. The second kappa shape index (κ2) is 6.11. The molecule has 1 amide bonds. The third-order valence-corrected chi connectivity index (χ3v) is 3.29. The summed E-state index contributed by atoms with van der Waals surface area (Å²) in [5, 5.41) is 3.72. The second-order valence-electron chi connectivity index (χ2n) is 4.15. The Hall–Kier alpha value is -1.78. The minimum atomic E-state index is -0.618. The maximum absolute atomic E-state index is 13.6. The van der Waals surface area contributed by atoms with Gasteiger partial charge in [-0.1, -0.05) is 23.2 Å². The molecule has 0 radical (unpaired) electrons. The number of hydrogen-bond donors (Lipinski definition) is 2. The molecule has 20 heavy (non-hydrogen) atoms. The van der Waals surface area contributed by atoms with E-state index >= 15 is 0 Å². The summed E-state index contributed by atoms with van der Waals surface area (Å²) >= 11 is 11.7. The molecule has 2 aromatic carbocycles. The van der Waals surface area contributed by atoms with Gasteiger partial charge in [0.05, 0.1) is 10.6 Å². The van der Waals surface area contributed by atoms with Gasteiger partial charge in [-0.05, 0) is 36.4 Å². The molecule has 0 aliphatic carbocycles. The molecule has 0 atom stereocenters. The van der Waals surface area contributed by atoms with Crippen molar-refractivity contribution in [3.63, 3.8) is 0 Å². The lowest BCUT2D eigenvalue weighted by molar-refractivity contribution is 0.100. The Balaban J connectivity index is 2.17. The molecule has 0 fully saturated rings. The van der Waals surface area contributed by atoms with Gasteiger partial charge in [0.15, 0.2) is 0 Å². The van der Waals surface area contributed by atoms with Crippen molar-refractivity contribution in [3.8, 4) is 0 Å². The topological polar surface area (TPSA) is 55.1 Å². The first-order valence-corrected chi connectivity index (χ1v) is 6.50. The van der Waals surface area contributed by atoms with E-state index in [0.717, 1.165) is 0 Å². The van der Waals surface area contributed by atoms with Gasteiger partial charge < -0.3 is 11.1 Å². The zero-order valence-electron chi connectivity index (χ0n) is 10.3. The lowest BCUT2D eigenvalue weighted by Gasteiger charge is -2.09. The highest BCUT2D eigenvalue weighted by Crippen LogP contribution is 2.21. The van der Waals surface area contributed by atoms with Gasteiger partial charge in [-0.3, -0.25) is 4.79 Å². The molecule has 0 saturated carbocycles. The largest absolute Gasteiger partial charge is 0.381 e. The lowest BCUT2D eigenvalue weighted by atomic mass is 10.1. The lowest BCUT2D eigenvalue weighted by Crippen LogP contribution is -2.12. The Kier molecular flexibility index (Phi) is 4.47. The van der Waals surface area contributed by atoms with Crippen LogP contribution in [0.15, 0.2) is 36.4 Å². The van der Waals surface area contributed by atoms with Crippen molar-refractivity contribution in [3.05, 3.63) is 63.4 Å². The Labute approximate surface area is 125 Å². The number of nitrogens with one attached hydrogen (secondary N) is 1. The monoisotopic (exact) mass is 312 g/mol. The van der Waals surface area contributed by atoms with Crippen LogP contribution in [0.25, 0.3) is 0 Å². The van der Waals surface area contributed by atoms with E-state index in [-0.39, 0.29) is 22.9 Å². The fraction of sp³-hybridized carbons (Fsp3) is 0.0714. The van der Waals surface area contributed by atoms with E-state index in [1.807, 2.05) is 0 Å². The molecule has 3 nitrogen and oxygen atoms in total. The predicted molar refractivity (Wildman–Crippen MR) is 78.7 cm³/mol. The van der Waals surface area contributed by atoms with Crippen molar-refractivity contribution in [2.75, 3.05) is 5.32 Å². The van der Waals surface area contributed by atoms with Gasteiger partial charge in [0.25, 0.3) is 0 Å². The maximum Gasteiger partial charge on any atom is 0.250 e. The zero-order chi connectivity index (χ0) is 14.7. The Morgan fingerprint density at radius 3 is 2.65 bits per heavy atom. The molecule has 0 bridgehead atoms. The molecule has 0 saturated heterocycles. The van der Waals surface area contributed by atoms with E-state index in [1.165, 1.54) is 24.3 Å². The van der Waals surface area contributed by atoms with Crippen molar-refractivity contribution < 1.29 is 9.18 Å². The number of rotatable bonds is 4. The molecule has 0 spiro atoms. The first kappa shape index (κ1) is 14.6. The number of nitrogens with two attached hydrogens (primary N) is 1. The summed E-state index contributed by atoms with van der Waals surface area (Å²) in [7, 11) is 0. The highest BCUT2D eigenvalue weighted by molar-refractivity contribution is 6.33. The van der Waals surface area contributed by atoms with E-state index in [9.17, 15) is 9.18 Å². The fourth-order valence-electron chi connectivity index (χ4n) is 1.70. The second-order valence-corrected chi connectivity index (χ2v) is 4.99. The Morgan fingerprint density at radius 2 is 1.95 bits per heavy atom. The molecule has 3 N–H and O–H groups in total. The quantitative estimate of drug-likeness (QED) is 0.901. The number of primary amides is 1. The molecule has 0 unspecified atom stereocenters. The number of halogens is 3. The van der Waals surface area contributed by atoms with Crippen molar-refractivity contribution in [2.24, 2.45) is 5.73 Å². The molecule has 0 heterocycles. The third kappa shape index (κ3) is 3.40. The molecular weight excluding hydrogens is 302 g/mol. The molecule has 2 aromatic rings. The predicted octanol–water partition coefficient (Wildman–Crippen LogP) is 3.84. The molecule has 0 aliphatic heterocycles. The average Bonchev–Trinajstić information content (AvgIpc) is 2.41. The third-order valence-electron chi connectivity index (χ3n) is 2.72. The fourth-order valence-corrected chi connectivity index (χ4v) is 2.11. The summed E-state index contributed by atoms with van der Waals surface area (Å²) in [5.74, 6) is -0.974. The van der Waals surface area contributed by atoms with Gasteiger partial charge in [0.1, 0.15) is 5.82 Å². The summed E-state index contributed by atoms with van der Waals surface area (Å²) in [5.41, 5.74) is 6.46. The highest BCUT2D eigenvalue weighted by atomic mass is 35.5. The summed E-state index contributed by atoms with van der Waals surface area (Å²) < 4.78 is 13.6. The number of carbonyl (C=O) groups excluding carboxylic acids is 1. The smallest absolute Gasteiger partial charge is 0.250 e. The van der Waals surface area contributed by atoms with Gasteiger partial charge in [-0.25, -0.2) is 4.39 Å². The maximum atomic E-state index is 13.6. The molecular formula is C14H11Cl2FN2O. The van der Waals surface area contributed by atoms with Crippen LogP contribution in [0.4, 0.5) is 10.1 Å². The van der Waals surface area contributed by atoms with Crippen LogP contribution < -0.4 is 11.1 Å². The van der Waals surface area contributed by atoms with Crippen LogP contribution >= 0.6 is 23.2 Å². The van der Waals surface area contributed by atoms with Gasteiger partial charge in [0.2, 0.25) is 5.91 Å². The van der Waals surface area contributed by atoms with E-state index < -0.39 is 5.91 Å². The van der Waals surface area contributed by atoms with E-state index in [2.05, 4.69) is 5.32 Å². The molecule has 2 rings (SSSR count). The van der Waals surface area contributed by atoms with Crippen LogP contribution in [0.3, 0.4) is 0 Å². The van der Waals surface area contributed by atoms with Crippen LogP contribution in [0.2, 0.25) is 10.0 Å². The summed E-state index contributed by atoms with van der Waals surface area (Å²) in [4.78, 5) is 11.2. The molecule has 0 aromatic heterocycles. The number of benzene rings is 2. The molecule has 104 valence electrons. The van der Waals surface area contributed by atoms with Gasteiger partial charge >= 0.3 is 0 Å². The number of amides is 1. The summed E-state index contributed by atoms with van der Waals surface area (Å²) in [6, 6.07) is 9.07. The van der Waals surface area contributed by atoms with E-state index in [0.29, 0.717) is 16.3 Å². The number of anilines is 1. The van der Waals surface area contributed by atoms with E-state index in [1.54, 1.807) is 12.1 Å². The van der Waals surface area contributed by atoms with Gasteiger partial charge in [-0.15, -0.1) is 0 Å². The van der Waals surface area contributed by atoms with Crippen molar-refractivity contribution in [2.45, 2.75) is 6.54 Å². The molecule has 6 heteroatoms. The van der Waals surface area contributed by atoms with Crippen LogP contribution in [-0.4, -0.2) is 5.91 Å². The van der Waals surface area contributed by atoms with Crippen molar-refractivity contribution in [1.29, 1.82) is 0 Å². The Bertz CT molecular complexity index is 662. The Morgan fingerprint density at radius 1 is 1.20 bits per heavy atom. The minimum absolute atomic E-state index is 0.211. The first-order chi connectivity index (χ1) is 9.47. The minimum Gasteiger partial charge on any atom is -0.381 e. The standard InChI is InChI=1S/C14H11Cl2FN2O/c15-9-1-4-13(17)8(5-9)7-19-10-2-3-12(16)11(6-10)14(18)20/h1-6,19H,7H2,(H2,18,20). The zero-order valence-corrected chi connectivity index (χ0v) is 11.8. The van der Waals surface area contributed by atoms with Crippen LogP contribution in [0.5, 0.6) is 0 Å². The number of carbonyl (C=O) groups is 1. The SMILES string of the molecule is NC(=O)c1cc(NCc2cc(Cl)ccc2F)ccc1Cl. The average molecular weight is 313 g/mol. The summed E-state index contributed by atoms with van der Waals surface area (Å²) in [6.07, 6.45) is 0.